The molecule has 1 aliphatic carbocycles. The number of rotatable bonds is 2. The second-order valence-electron chi connectivity index (χ2n) is 4.20. The summed E-state index contributed by atoms with van der Waals surface area (Å²) in [6.07, 6.45) is 7.37. The molecule has 1 aliphatic heterocycles. The van der Waals surface area contributed by atoms with E-state index in [1.54, 1.807) is 0 Å². The first-order valence-electron chi connectivity index (χ1n) is 5.25. The van der Waals surface area contributed by atoms with Crippen LogP contribution in [0.2, 0.25) is 0 Å². The van der Waals surface area contributed by atoms with E-state index in [-0.39, 0.29) is 12.1 Å². The lowest BCUT2D eigenvalue weighted by molar-refractivity contribution is 0.0984. The average Bonchev–Trinajstić information content (AvgIpc) is 2.75. The van der Waals surface area contributed by atoms with Gasteiger partial charge >= 0.3 is 0 Å². The molecule has 4 heteroatoms. The van der Waals surface area contributed by atoms with Gasteiger partial charge in [-0.2, -0.15) is 0 Å². The van der Waals surface area contributed by atoms with Crippen LogP contribution in [0.15, 0.2) is 12.5 Å². The van der Waals surface area contributed by atoms with Crippen molar-refractivity contribution in [2.75, 3.05) is 6.61 Å². The van der Waals surface area contributed by atoms with Crippen molar-refractivity contribution in [3.05, 3.63) is 18.2 Å². The van der Waals surface area contributed by atoms with Gasteiger partial charge in [-0.25, -0.2) is 4.98 Å². The van der Waals surface area contributed by atoms with Crippen molar-refractivity contribution in [1.82, 2.24) is 9.55 Å². The van der Waals surface area contributed by atoms with Crippen molar-refractivity contribution in [1.29, 1.82) is 0 Å². The molecule has 3 rings (SSSR count). The van der Waals surface area contributed by atoms with Crippen LogP contribution < -0.4 is 5.73 Å². The molecule has 2 heterocycles. The van der Waals surface area contributed by atoms with Crippen LogP contribution in [0.3, 0.4) is 0 Å². The van der Waals surface area contributed by atoms with Crippen LogP contribution in [-0.4, -0.2) is 22.2 Å². The molecule has 2 N–H and O–H groups in total. The summed E-state index contributed by atoms with van der Waals surface area (Å²) in [4.78, 5) is 4.19. The Morgan fingerprint density at radius 3 is 2.93 bits per heavy atom. The molecular weight excluding hydrogens is 178 g/mol. The average molecular weight is 193 g/mol. The van der Waals surface area contributed by atoms with Crippen molar-refractivity contribution in [2.24, 2.45) is 5.73 Å². The maximum absolute atomic E-state index is 5.99. The minimum atomic E-state index is 0.0677. The van der Waals surface area contributed by atoms with Crippen LogP contribution in [0.5, 0.6) is 0 Å². The summed E-state index contributed by atoms with van der Waals surface area (Å²) in [5, 5.41) is 0. The van der Waals surface area contributed by atoms with Gasteiger partial charge in [0.05, 0.1) is 18.2 Å². The number of ether oxygens (including phenoxy) is 1. The van der Waals surface area contributed by atoms with Gasteiger partial charge in [0, 0.05) is 18.7 Å². The van der Waals surface area contributed by atoms with E-state index in [9.17, 15) is 0 Å². The first-order chi connectivity index (χ1) is 6.86. The van der Waals surface area contributed by atoms with Gasteiger partial charge in [0.25, 0.3) is 0 Å². The number of hydrogen-bond acceptors (Lipinski definition) is 3. The van der Waals surface area contributed by atoms with E-state index in [0.29, 0.717) is 6.04 Å². The summed E-state index contributed by atoms with van der Waals surface area (Å²) in [5.41, 5.74) is 7.16. The highest BCUT2D eigenvalue weighted by Crippen LogP contribution is 2.38. The van der Waals surface area contributed by atoms with E-state index in [1.807, 2.05) is 12.5 Å². The Morgan fingerprint density at radius 1 is 1.43 bits per heavy atom. The van der Waals surface area contributed by atoms with Crippen LogP contribution in [0.25, 0.3) is 0 Å². The quantitative estimate of drug-likeness (QED) is 0.762. The predicted octanol–water partition coefficient (Wildman–Crippen LogP) is 1.01. The lowest BCUT2D eigenvalue weighted by atomic mass is 10.1. The standard InChI is InChI=1S/C10H15N3O/c11-8-3-4-14-10(8)9-5-12-6-13(9)7-1-2-7/h5-8,10H,1-4,11H2. The first kappa shape index (κ1) is 8.44. The van der Waals surface area contributed by atoms with Crippen molar-refractivity contribution < 1.29 is 4.74 Å². The Morgan fingerprint density at radius 2 is 2.29 bits per heavy atom. The Labute approximate surface area is 83.1 Å². The lowest BCUT2D eigenvalue weighted by Gasteiger charge is -2.16. The van der Waals surface area contributed by atoms with Gasteiger partial charge in [0.1, 0.15) is 6.10 Å². The lowest BCUT2D eigenvalue weighted by Crippen LogP contribution is -2.25. The molecule has 1 saturated carbocycles. The summed E-state index contributed by atoms with van der Waals surface area (Å²) < 4.78 is 7.87. The summed E-state index contributed by atoms with van der Waals surface area (Å²) in [5.74, 6) is 0. The number of imidazole rings is 1. The maximum atomic E-state index is 5.99. The summed E-state index contributed by atoms with van der Waals surface area (Å²) in [7, 11) is 0. The molecule has 1 aromatic rings. The second-order valence-corrected chi connectivity index (χ2v) is 4.20. The van der Waals surface area contributed by atoms with Crippen molar-refractivity contribution in [2.45, 2.75) is 37.5 Å². The summed E-state index contributed by atoms with van der Waals surface area (Å²) >= 11 is 0. The van der Waals surface area contributed by atoms with E-state index in [4.69, 9.17) is 10.5 Å². The van der Waals surface area contributed by atoms with E-state index in [2.05, 4.69) is 9.55 Å². The number of aromatic nitrogens is 2. The van der Waals surface area contributed by atoms with E-state index < -0.39 is 0 Å². The van der Waals surface area contributed by atoms with Crippen LogP contribution >= 0.6 is 0 Å². The topological polar surface area (TPSA) is 53.1 Å². The largest absolute Gasteiger partial charge is 0.370 e. The minimum Gasteiger partial charge on any atom is -0.370 e. The molecule has 76 valence electrons. The number of nitrogens with zero attached hydrogens (tertiary/aromatic N) is 2. The fourth-order valence-corrected chi connectivity index (χ4v) is 2.10. The van der Waals surface area contributed by atoms with Crippen LogP contribution in [0, 0.1) is 0 Å². The van der Waals surface area contributed by atoms with Gasteiger partial charge in [0.15, 0.2) is 0 Å². The van der Waals surface area contributed by atoms with Gasteiger partial charge < -0.3 is 15.0 Å². The van der Waals surface area contributed by atoms with Gasteiger partial charge in [-0.3, -0.25) is 0 Å². The van der Waals surface area contributed by atoms with E-state index in [1.165, 1.54) is 12.8 Å². The second kappa shape index (κ2) is 3.07. The molecule has 1 saturated heterocycles. The molecule has 0 aromatic carbocycles. The smallest absolute Gasteiger partial charge is 0.114 e. The first-order valence-corrected chi connectivity index (χ1v) is 5.25. The molecule has 14 heavy (non-hydrogen) atoms. The van der Waals surface area contributed by atoms with Gasteiger partial charge in [0.2, 0.25) is 0 Å². The minimum absolute atomic E-state index is 0.0677. The molecule has 0 spiro atoms. The van der Waals surface area contributed by atoms with Crippen LogP contribution in [-0.2, 0) is 4.74 Å². The zero-order valence-corrected chi connectivity index (χ0v) is 8.10. The molecule has 1 aromatic heterocycles. The summed E-state index contributed by atoms with van der Waals surface area (Å²) in [6.45, 7) is 0.779. The SMILES string of the molecule is NC1CCOC1c1cncn1C1CC1. The van der Waals surface area contributed by atoms with Crippen molar-refractivity contribution >= 4 is 0 Å². The van der Waals surface area contributed by atoms with Crippen LogP contribution in [0.4, 0.5) is 0 Å². The molecule has 2 aliphatic rings. The molecular formula is C10H15N3O. The van der Waals surface area contributed by atoms with Gasteiger partial charge in [-0.15, -0.1) is 0 Å². The molecule has 0 radical (unpaired) electrons. The van der Waals surface area contributed by atoms with Crippen molar-refractivity contribution in [3.63, 3.8) is 0 Å². The third-order valence-corrected chi connectivity index (χ3v) is 3.07. The molecule has 2 atom stereocenters. The highest BCUT2D eigenvalue weighted by Gasteiger charge is 2.33. The Bertz CT molecular complexity index is 332. The summed E-state index contributed by atoms with van der Waals surface area (Å²) in [6, 6.07) is 0.799. The monoisotopic (exact) mass is 193 g/mol. The Balaban J connectivity index is 1.90. The van der Waals surface area contributed by atoms with Gasteiger partial charge in [-0.05, 0) is 19.3 Å². The number of hydrogen-bond donors (Lipinski definition) is 1. The van der Waals surface area contributed by atoms with Gasteiger partial charge in [-0.1, -0.05) is 0 Å². The molecule has 2 fully saturated rings. The molecule has 0 bridgehead atoms. The maximum Gasteiger partial charge on any atom is 0.114 e. The molecule has 4 nitrogen and oxygen atoms in total. The molecule has 2 unspecified atom stereocenters. The zero-order chi connectivity index (χ0) is 9.54. The predicted molar refractivity (Wildman–Crippen MR) is 51.8 cm³/mol. The van der Waals surface area contributed by atoms with Crippen molar-refractivity contribution in [3.8, 4) is 0 Å². The van der Waals surface area contributed by atoms with E-state index in [0.717, 1.165) is 18.7 Å². The highest BCUT2D eigenvalue weighted by molar-refractivity contribution is 5.10. The normalized spacial score (nSPS) is 32.4. The van der Waals surface area contributed by atoms with E-state index >= 15 is 0 Å². The third-order valence-electron chi connectivity index (χ3n) is 3.07. The Hall–Kier alpha value is -0.870. The Kier molecular flexibility index (Phi) is 1.85. The zero-order valence-electron chi connectivity index (χ0n) is 8.10. The third kappa shape index (κ3) is 1.26. The highest BCUT2D eigenvalue weighted by atomic mass is 16.5. The van der Waals surface area contributed by atoms with Crippen LogP contribution in [0.1, 0.15) is 37.1 Å². The fourth-order valence-electron chi connectivity index (χ4n) is 2.10. The molecule has 0 amide bonds. The number of nitrogens with two attached hydrogens (primary N) is 1. The fraction of sp³-hybridized carbons (Fsp3) is 0.700.